The summed E-state index contributed by atoms with van der Waals surface area (Å²) in [6.07, 6.45) is 0. The summed E-state index contributed by atoms with van der Waals surface area (Å²) in [5.74, 6) is -1.19. The fourth-order valence-electron chi connectivity index (χ4n) is 3.46. The first-order valence-electron chi connectivity index (χ1n) is 9.63. The van der Waals surface area contributed by atoms with Crippen molar-refractivity contribution in [2.24, 2.45) is 0 Å². The lowest BCUT2D eigenvalue weighted by atomic mass is 10.1. The van der Waals surface area contributed by atoms with Crippen molar-refractivity contribution >= 4 is 23.1 Å². The highest BCUT2D eigenvalue weighted by Crippen LogP contribution is 2.23. The van der Waals surface area contributed by atoms with Gasteiger partial charge in [-0.1, -0.05) is 6.07 Å². The van der Waals surface area contributed by atoms with E-state index in [1.807, 2.05) is 23.6 Å². The van der Waals surface area contributed by atoms with Crippen LogP contribution in [0.5, 0.6) is 0 Å². The first kappa shape index (κ1) is 20.9. The number of piperazine rings is 1. The molecule has 1 aliphatic rings. The number of carbonyl (C=O) groups is 2. The van der Waals surface area contributed by atoms with E-state index in [4.69, 9.17) is 0 Å². The Labute approximate surface area is 169 Å². The predicted molar refractivity (Wildman–Crippen MR) is 109 cm³/mol. The fraction of sp³-hybridized carbons (Fsp3) is 0.364. The van der Waals surface area contributed by atoms with Gasteiger partial charge >= 0.3 is 0 Å². The van der Waals surface area contributed by atoms with Gasteiger partial charge in [0.25, 0.3) is 0 Å². The summed E-state index contributed by atoms with van der Waals surface area (Å²) >= 11 is 0. The minimum absolute atomic E-state index is 0.173. The van der Waals surface area contributed by atoms with Gasteiger partial charge in [0.15, 0.2) is 5.78 Å². The molecule has 0 radical (unpaired) electrons. The monoisotopic (exact) mass is 401 g/mol. The number of benzene rings is 2. The average Bonchev–Trinajstić information content (AvgIpc) is 2.70. The van der Waals surface area contributed by atoms with Crippen LogP contribution in [0.4, 0.5) is 20.2 Å². The van der Waals surface area contributed by atoms with Crippen LogP contribution in [0.2, 0.25) is 0 Å². The summed E-state index contributed by atoms with van der Waals surface area (Å²) in [7, 11) is 0. The van der Waals surface area contributed by atoms with Gasteiger partial charge in [-0.2, -0.15) is 0 Å². The Bertz CT molecular complexity index is 924. The topological polar surface area (TPSA) is 52.7 Å². The number of nitrogens with zero attached hydrogens (tertiary/aromatic N) is 2. The molecule has 0 aliphatic carbocycles. The zero-order valence-corrected chi connectivity index (χ0v) is 16.8. The molecule has 1 saturated heterocycles. The van der Waals surface area contributed by atoms with Crippen molar-refractivity contribution in [3.05, 3.63) is 59.2 Å². The molecule has 1 heterocycles. The van der Waals surface area contributed by atoms with E-state index in [1.165, 1.54) is 25.1 Å². The molecule has 3 rings (SSSR count). The number of Topliss-reactive ketones (excluding diaryl/α,β-unsaturated/α-hetero) is 1. The van der Waals surface area contributed by atoms with E-state index < -0.39 is 17.7 Å². The van der Waals surface area contributed by atoms with Gasteiger partial charge < -0.3 is 10.2 Å². The molecule has 5 nitrogen and oxygen atoms in total. The van der Waals surface area contributed by atoms with Crippen molar-refractivity contribution < 1.29 is 18.4 Å². The summed E-state index contributed by atoms with van der Waals surface area (Å²) in [5, 5.41) is 2.79. The normalized spacial score (nSPS) is 15.8. The van der Waals surface area contributed by atoms with E-state index >= 15 is 0 Å². The van der Waals surface area contributed by atoms with Gasteiger partial charge in [-0.25, -0.2) is 8.78 Å². The number of halogens is 2. The molecular weight excluding hydrogens is 376 g/mol. The molecule has 1 atom stereocenters. The summed E-state index contributed by atoms with van der Waals surface area (Å²) in [6.45, 7) is 7.33. The predicted octanol–water partition coefficient (Wildman–Crippen LogP) is 3.63. The van der Waals surface area contributed by atoms with Gasteiger partial charge in [0.05, 0.1) is 11.7 Å². The number of ketones is 1. The number of hydrogen-bond donors (Lipinski definition) is 1. The van der Waals surface area contributed by atoms with Crippen molar-refractivity contribution in [1.29, 1.82) is 0 Å². The maximum absolute atomic E-state index is 14.4. The van der Waals surface area contributed by atoms with Gasteiger partial charge in [0, 0.05) is 37.4 Å². The van der Waals surface area contributed by atoms with Crippen molar-refractivity contribution in [3.63, 3.8) is 0 Å². The van der Waals surface area contributed by atoms with Gasteiger partial charge in [-0.15, -0.1) is 0 Å². The van der Waals surface area contributed by atoms with E-state index in [0.717, 1.165) is 5.56 Å². The second-order valence-corrected chi connectivity index (χ2v) is 7.37. The molecule has 29 heavy (non-hydrogen) atoms. The molecule has 1 amide bonds. The molecule has 0 bridgehead atoms. The van der Waals surface area contributed by atoms with Crippen LogP contribution >= 0.6 is 0 Å². The Morgan fingerprint density at radius 2 is 1.72 bits per heavy atom. The Morgan fingerprint density at radius 3 is 2.34 bits per heavy atom. The summed E-state index contributed by atoms with van der Waals surface area (Å²) in [6, 6.07) is 8.42. The lowest BCUT2D eigenvalue weighted by molar-refractivity contribution is -0.120. The van der Waals surface area contributed by atoms with Gasteiger partial charge in [0.1, 0.15) is 11.6 Å². The number of carbonyl (C=O) groups excluding carboxylic acids is 2. The molecule has 7 heteroatoms. The zero-order valence-electron chi connectivity index (χ0n) is 16.8. The molecule has 1 aliphatic heterocycles. The number of amides is 1. The smallest absolute Gasteiger partial charge is 0.241 e. The maximum Gasteiger partial charge on any atom is 0.241 e. The molecule has 2 aromatic carbocycles. The number of nitrogens with one attached hydrogen (secondary N) is 1. The van der Waals surface area contributed by atoms with E-state index in [2.05, 4.69) is 5.32 Å². The first-order valence-corrected chi connectivity index (χ1v) is 9.63. The number of hydrogen-bond acceptors (Lipinski definition) is 4. The van der Waals surface area contributed by atoms with Gasteiger partial charge in [-0.3, -0.25) is 14.5 Å². The molecule has 2 aromatic rings. The third-order valence-corrected chi connectivity index (χ3v) is 5.39. The Hall–Kier alpha value is -2.80. The SMILES string of the molecule is CC(=O)c1ccc(N2CCN(C(C)C(=O)Nc3cc(F)ccc3C)CC2)c(F)c1. The van der Waals surface area contributed by atoms with Crippen molar-refractivity contribution in [1.82, 2.24) is 4.90 Å². The van der Waals surface area contributed by atoms with Crippen molar-refractivity contribution in [3.8, 4) is 0 Å². The van der Waals surface area contributed by atoms with Crippen LogP contribution in [-0.4, -0.2) is 48.8 Å². The van der Waals surface area contributed by atoms with Crippen LogP contribution in [0.25, 0.3) is 0 Å². The second-order valence-electron chi connectivity index (χ2n) is 7.37. The van der Waals surface area contributed by atoms with E-state index in [-0.39, 0.29) is 11.7 Å². The van der Waals surface area contributed by atoms with E-state index in [1.54, 1.807) is 18.2 Å². The number of rotatable bonds is 5. The highest BCUT2D eigenvalue weighted by molar-refractivity contribution is 5.95. The van der Waals surface area contributed by atoms with Crippen LogP contribution in [-0.2, 0) is 4.79 Å². The first-order chi connectivity index (χ1) is 13.8. The van der Waals surface area contributed by atoms with Crippen molar-refractivity contribution in [2.45, 2.75) is 26.8 Å². The largest absolute Gasteiger partial charge is 0.367 e. The van der Waals surface area contributed by atoms with Gasteiger partial charge in [0.2, 0.25) is 5.91 Å². The molecule has 1 N–H and O–H groups in total. The highest BCUT2D eigenvalue weighted by Gasteiger charge is 2.27. The third-order valence-electron chi connectivity index (χ3n) is 5.39. The minimum atomic E-state index is -0.418. The molecule has 0 spiro atoms. The van der Waals surface area contributed by atoms with Crippen molar-refractivity contribution in [2.75, 3.05) is 36.4 Å². The number of anilines is 2. The van der Waals surface area contributed by atoms with E-state index in [9.17, 15) is 18.4 Å². The number of aryl methyl sites for hydroxylation is 1. The summed E-state index contributed by atoms with van der Waals surface area (Å²) in [4.78, 5) is 27.9. The standard InChI is InChI=1S/C22H25F2N3O2/c1-14-4-6-18(23)13-20(14)25-22(29)15(2)26-8-10-27(11-9-26)21-7-5-17(16(3)28)12-19(21)24/h4-7,12-13,15H,8-11H2,1-3H3,(H,25,29). The third kappa shape index (κ3) is 4.79. The van der Waals surface area contributed by atoms with Gasteiger partial charge in [-0.05, 0) is 56.7 Å². The summed E-state index contributed by atoms with van der Waals surface area (Å²) < 4.78 is 27.8. The average molecular weight is 401 g/mol. The molecule has 1 fully saturated rings. The second kappa shape index (κ2) is 8.69. The maximum atomic E-state index is 14.4. The van der Waals surface area contributed by atoms with Crippen LogP contribution in [0.1, 0.15) is 29.8 Å². The quantitative estimate of drug-likeness (QED) is 0.778. The van der Waals surface area contributed by atoms with Crippen LogP contribution in [0.3, 0.4) is 0 Å². The van der Waals surface area contributed by atoms with Crippen LogP contribution in [0, 0.1) is 18.6 Å². The zero-order chi connectivity index (χ0) is 21.1. The molecule has 0 saturated carbocycles. The Balaban J connectivity index is 1.60. The lowest BCUT2D eigenvalue weighted by Gasteiger charge is -2.38. The fourth-order valence-corrected chi connectivity index (χ4v) is 3.46. The van der Waals surface area contributed by atoms with Crippen LogP contribution in [0.15, 0.2) is 36.4 Å². The molecule has 154 valence electrons. The Kier molecular flexibility index (Phi) is 6.27. The molecular formula is C22H25F2N3O2. The van der Waals surface area contributed by atoms with E-state index in [0.29, 0.717) is 43.1 Å². The lowest BCUT2D eigenvalue weighted by Crippen LogP contribution is -2.53. The highest BCUT2D eigenvalue weighted by atomic mass is 19.1. The molecule has 0 aromatic heterocycles. The Morgan fingerprint density at radius 1 is 1.03 bits per heavy atom. The molecule has 1 unspecified atom stereocenters. The van der Waals surface area contributed by atoms with Crippen LogP contribution < -0.4 is 10.2 Å². The summed E-state index contributed by atoms with van der Waals surface area (Å²) in [5.41, 5.74) is 2.07. The minimum Gasteiger partial charge on any atom is -0.367 e.